The van der Waals surface area contributed by atoms with Crippen LogP contribution < -0.4 is 15.0 Å². The van der Waals surface area contributed by atoms with Gasteiger partial charge in [0.2, 0.25) is 0 Å². The first-order valence-electron chi connectivity index (χ1n) is 10.7. The summed E-state index contributed by atoms with van der Waals surface area (Å²) < 4.78 is 11.1. The van der Waals surface area contributed by atoms with Gasteiger partial charge in [0.1, 0.15) is 5.82 Å². The number of hydrogen-bond donors (Lipinski definition) is 1. The highest BCUT2D eigenvalue weighted by Gasteiger charge is 2.23. The summed E-state index contributed by atoms with van der Waals surface area (Å²) in [7, 11) is 1.67. The maximum absolute atomic E-state index is 12.2. The molecule has 2 aromatic heterocycles. The van der Waals surface area contributed by atoms with Crippen LogP contribution in [0.1, 0.15) is 36.9 Å². The Bertz CT molecular complexity index is 1060. The fourth-order valence-corrected chi connectivity index (χ4v) is 4.06. The largest absolute Gasteiger partial charge is 0.493 e. The third-order valence-corrected chi connectivity index (χ3v) is 5.66. The summed E-state index contributed by atoms with van der Waals surface area (Å²) in [6, 6.07) is 11.5. The lowest BCUT2D eigenvalue weighted by atomic mass is 9.93. The molecule has 31 heavy (non-hydrogen) atoms. The van der Waals surface area contributed by atoms with Gasteiger partial charge in [0.05, 0.1) is 19.4 Å². The number of aromatic nitrogens is 3. The van der Waals surface area contributed by atoms with Gasteiger partial charge in [-0.3, -0.25) is 14.7 Å². The van der Waals surface area contributed by atoms with Gasteiger partial charge in [0, 0.05) is 36.5 Å². The van der Waals surface area contributed by atoms with E-state index >= 15 is 0 Å². The number of benzene rings is 1. The molecule has 1 fully saturated rings. The minimum atomic E-state index is -0.110. The Hall–Kier alpha value is -3.19. The van der Waals surface area contributed by atoms with E-state index in [0.717, 1.165) is 55.2 Å². The number of methoxy groups -OCH3 is 1. The Labute approximate surface area is 182 Å². The fourth-order valence-electron chi connectivity index (χ4n) is 4.06. The van der Waals surface area contributed by atoms with Crippen molar-refractivity contribution in [3.8, 4) is 22.9 Å². The maximum atomic E-state index is 12.2. The predicted molar refractivity (Wildman–Crippen MR) is 120 cm³/mol. The van der Waals surface area contributed by atoms with Crippen LogP contribution in [0.15, 0.2) is 53.6 Å². The third kappa shape index (κ3) is 5.11. The van der Waals surface area contributed by atoms with Crippen LogP contribution in [0.5, 0.6) is 11.5 Å². The van der Waals surface area contributed by atoms with Crippen molar-refractivity contribution in [3.63, 3.8) is 0 Å². The van der Waals surface area contributed by atoms with Gasteiger partial charge in [-0.2, -0.15) is 0 Å². The zero-order valence-corrected chi connectivity index (χ0v) is 18.0. The van der Waals surface area contributed by atoms with Gasteiger partial charge in [-0.1, -0.05) is 6.07 Å². The van der Waals surface area contributed by atoms with Crippen LogP contribution in [0.4, 0.5) is 0 Å². The van der Waals surface area contributed by atoms with Gasteiger partial charge in [-0.15, -0.1) is 0 Å². The zero-order valence-electron chi connectivity index (χ0n) is 18.0. The lowest BCUT2D eigenvalue weighted by molar-refractivity contribution is 0.203. The molecule has 0 spiro atoms. The number of piperidine rings is 1. The van der Waals surface area contributed by atoms with Crippen molar-refractivity contribution in [3.05, 3.63) is 70.4 Å². The average molecular weight is 421 g/mol. The van der Waals surface area contributed by atoms with Crippen molar-refractivity contribution < 1.29 is 9.47 Å². The van der Waals surface area contributed by atoms with E-state index in [9.17, 15) is 4.79 Å². The van der Waals surface area contributed by atoms with E-state index in [2.05, 4.69) is 27.0 Å². The van der Waals surface area contributed by atoms with Crippen molar-refractivity contribution in [2.45, 2.75) is 32.2 Å². The Kier molecular flexibility index (Phi) is 6.62. The van der Waals surface area contributed by atoms with Crippen LogP contribution in [-0.2, 0) is 6.54 Å². The summed E-state index contributed by atoms with van der Waals surface area (Å²) in [5.74, 6) is 2.44. The normalized spacial score (nSPS) is 15.0. The summed E-state index contributed by atoms with van der Waals surface area (Å²) in [5.41, 5.74) is 2.84. The first kappa shape index (κ1) is 21.1. The first-order chi connectivity index (χ1) is 15.2. The number of pyridine rings is 1. The van der Waals surface area contributed by atoms with Crippen molar-refractivity contribution in [2.24, 2.45) is 0 Å². The van der Waals surface area contributed by atoms with Crippen LogP contribution in [0.2, 0.25) is 0 Å². The average Bonchev–Trinajstić information content (AvgIpc) is 2.81. The van der Waals surface area contributed by atoms with Gasteiger partial charge in [0.25, 0.3) is 5.56 Å². The minimum Gasteiger partial charge on any atom is -0.493 e. The Morgan fingerprint density at radius 2 is 1.87 bits per heavy atom. The van der Waals surface area contributed by atoms with E-state index in [1.165, 1.54) is 5.56 Å². The highest BCUT2D eigenvalue weighted by Crippen LogP contribution is 2.31. The number of aromatic amines is 1. The second-order valence-corrected chi connectivity index (χ2v) is 7.72. The summed E-state index contributed by atoms with van der Waals surface area (Å²) in [6.07, 6.45) is 5.35. The molecule has 4 rings (SSSR count). The maximum Gasteiger partial charge on any atom is 0.251 e. The van der Waals surface area contributed by atoms with Crippen LogP contribution in [0.3, 0.4) is 0 Å². The molecule has 0 saturated carbocycles. The van der Waals surface area contributed by atoms with E-state index in [1.54, 1.807) is 25.6 Å². The topological polar surface area (TPSA) is 80.3 Å². The highest BCUT2D eigenvalue weighted by molar-refractivity contribution is 5.53. The molecule has 0 unspecified atom stereocenters. The van der Waals surface area contributed by atoms with E-state index in [4.69, 9.17) is 14.5 Å². The molecule has 1 saturated heterocycles. The molecule has 3 aromatic rings. The summed E-state index contributed by atoms with van der Waals surface area (Å²) in [6.45, 7) is 5.36. The SMILES string of the molecule is CCOc1ccc(CN2CCC(c3cc(=O)[nH]c(-c4ccncc4)n3)CC2)cc1OC. The zero-order chi connectivity index (χ0) is 21.6. The molecule has 1 aliphatic rings. The Morgan fingerprint density at radius 3 is 2.58 bits per heavy atom. The molecule has 1 N–H and O–H groups in total. The van der Waals surface area contributed by atoms with Gasteiger partial charge < -0.3 is 14.5 Å². The Morgan fingerprint density at radius 1 is 1.10 bits per heavy atom. The number of rotatable bonds is 7. The molecule has 0 aliphatic carbocycles. The summed E-state index contributed by atoms with van der Waals surface area (Å²) >= 11 is 0. The number of hydrogen-bond acceptors (Lipinski definition) is 6. The molecule has 1 aliphatic heterocycles. The summed E-state index contributed by atoms with van der Waals surface area (Å²) in [4.78, 5) is 26.3. The van der Waals surface area contributed by atoms with Gasteiger partial charge in [-0.25, -0.2) is 4.98 Å². The van der Waals surface area contributed by atoms with E-state index in [-0.39, 0.29) is 11.5 Å². The van der Waals surface area contributed by atoms with Crippen LogP contribution in [-0.4, -0.2) is 46.7 Å². The third-order valence-electron chi connectivity index (χ3n) is 5.66. The molecule has 0 amide bonds. The smallest absolute Gasteiger partial charge is 0.251 e. The van der Waals surface area contributed by atoms with Crippen molar-refractivity contribution in [2.75, 3.05) is 26.8 Å². The molecule has 0 atom stereocenters. The Balaban J connectivity index is 1.41. The number of nitrogens with zero attached hydrogens (tertiary/aromatic N) is 3. The molecule has 0 bridgehead atoms. The second-order valence-electron chi connectivity index (χ2n) is 7.72. The van der Waals surface area contributed by atoms with Crippen molar-refractivity contribution in [1.29, 1.82) is 0 Å². The molecule has 162 valence electrons. The molecular formula is C24H28N4O3. The quantitative estimate of drug-likeness (QED) is 0.629. The lowest BCUT2D eigenvalue weighted by Crippen LogP contribution is -2.33. The highest BCUT2D eigenvalue weighted by atomic mass is 16.5. The van der Waals surface area contributed by atoms with Gasteiger partial charge in [-0.05, 0) is 62.7 Å². The van der Waals surface area contributed by atoms with Crippen LogP contribution in [0.25, 0.3) is 11.4 Å². The second kappa shape index (κ2) is 9.75. The predicted octanol–water partition coefficient (Wildman–Crippen LogP) is 3.62. The van der Waals surface area contributed by atoms with Crippen molar-refractivity contribution in [1.82, 2.24) is 19.9 Å². The van der Waals surface area contributed by atoms with E-state index in [1.807, 2.05) is 25.1 Å². The number of ether oxygens (including phenoxy) is 2. The number of likely N-dealkylation sites (tertiary alicyclic amines) is 1. The van der Waals surface area contributed by atoms with Gasteiger partial charge >= 0.3 is 0 Å². The molecule has 7 nitrogen and oxygen atoms in total. The molecule has 3 heterocycles. The monoisotopic (exact) mass is 420 g/mol. The van der Waals surface area contributed by atoms with Crippen LogP contribution in [0, 0.1) is 0 Å². The van der Waals surface area contributed by atoms with Crippen molar-refractivity contribution >= 4 is 0 Å². The van der Waals surface area contributed by atoms with E-state index in [0.29, 0.717) is 12.4 Å². The molecule has 1 aromatic carbocycles. The number of H-pyrrole nitrogens is 1. The standard InChI is InChI=1S/C24H28N4O3/c1-3-31-21-5-4-17(14-22(21)30-2)16-28-12-8-18(9-13-28)20-15-23(29)27-24(26-20)19-6-10-25-11-7-19/h4-7,10-11,14-15,18H,3,8-9,12-13,16H2,1-2H3,(H,26,27,29). The number of nitrogens with one attached hydrogen (secondary N) is 1. The van der Waals surface area contributed by atoms with E-state index < -0.39 is 0 Å². The first-order valence-corrected chi connectivity index (χ1v) is 10.7. The lowest BCUT2D eigenvalue weighted by Gasteiger charge is -2.31. The van der Waals surface area contributed by atoms with Crippen LogP contribution >= 0.6 is 0 Å². The van der Waals surface area contributed by atoms with Gasteiger partial charge in [0.15, 0.2) is 11.5 Å². The molecular weight excluding hydrogens is 392 g/mol. The molecule has 0 radical (unpaired) electrons. The molecule has 7 heteroatoms. The summed E-state index contributed by atoms with van der Waals surface area (Å²) in [5, 5.41) is 0. The minimum absolute atomic E-state index is 0.110. The fraction of sp³-hybridized carbons (Fsp3) is 0.375.